The summed E-state index contributed by atoms with van der Waals surface area (Å²) in [6.45, 7) is 4.87. The number of Topliss-reactive ketones (excluding diaryl/α,β-unsaturated/α-hetero) is 1. The van der Waals surface area contributed by atoms with Crippen molar-refractivity contribution < 1.29 is 9.59 Å². The maximum atomic E-state index is 12.6. The molecule has 1 amide bonds. The molecule has 0 aromatic heterocycles. The number of hydrogen-bond donors (Lipinski definition) is 0. The molecule has 0 bridgehead atoms. The van der Waals surface area contributed by atoms with Crippen LogP contribution in [0.1, 0.15) is 58.3 Å². The highest BCUT2D eigenvalue weighted by Crippen LogP contribution is 2.33. The first-order valence-corrected chi connectivity index (χ1v) is 8.76. The van der Waals surface area contributed by atoms with Gasteiger partial charge >= 0.3 is 0 Å². The molecule has 0 aromatic carbocycles. The Morgan fingerprint density at radius 2 is 1.81 bits per heavy atom. The van der Waals surface area contributed by atoms with Crippen LogP contribution in [0.2, 0.25) is 0 Å². The molecule has 1 aliphatic carbocycles. The molecule has 2 aliphatic heterocycles. The molecule has 3 unspecified atom stereocenters. The fourth-order valence-corrected chi connectivity index (χ4v) is 4.49. The van der Waals surface area contributed by atoms with Gasteiger partial charge in [0.15, 0.2) is 0 Å². The molecule has 21 heavy (non-hydrogen) atoms. The lowest BCUT2D eigenvalue weighted by atomic mass is 9.81. The van der Waals surface area contributed by atoms with E-state index in [1.807, 2.05) is 11.8 Å². The van der Waals surface area contributed by atoms with Gasteiger partial charge in [-0.2, -0.15) is 0 Å². The van der Waals surface area contributed by atoms with Gasteiger partial charge in [-0.1, -0.05) is 6.42 Å². The van der Waals surface area contributed by atoms with Gasteiger partial charge in [-0.25, -0.2) is 0 Å². The topological polar surface area (TPSA) is 40.6 Å². The van der Waals surface area contributed by atoms with Gasteiger partial charge in [-0.15, -0.1) is 0 Å². The molecule has 0 N–H and O–H groups in total. The molecular formula is C17H28N2O2. The zero-order chi connectivity index (χ0) is 14.8. The van der Waals surface area contributed by atoms with Gasteiger partial charge in [0.25, 0.3) is 0 Å². The Bertz CT molecular complexity index is 404. The third-order valence-electron chi connectivity index (χ3n) is 5.68. The Morgan fingerprint density at radius 3 is 2.52 bits per heavy atom. The summed E-state index contributed by atoms with van der Waals surface area (Å²) in [4.78, 5) is 29.3. The van der Waals surface area contributed by atoms with Crippen LogP contribution in [0.15, 0.2) is 0 Å². The van der Waals surface area contributed by atoms with Crippen LogP contribution in [0.5, 0.6) is 0 Å². The Kier molecular flexibility index (Phi) is 4.63. The Hall–Kier alpha value is -0.900. The van der Waals surface area contributed by atoms with Crippen molar-refractivity contribution in [2.75, 3.05) is 19.6 Å². The first kappa shape index (κ1) is 15.0. The number of rotatable bonds is 3. The molecule has 3 rings (SSSR count). The highest BCUT2D eigenvalue weighted by molar-refractivity contribution is 5.83. The Labute approximate surface area is 127 Å². The van der Waals surface area contributed by atoms with Gasteiger partial charge in [-0.3, -0.25) is 14.5 Å². The lowest BCUT2D eigenvalue weighted by Crippen LogP contribution is -2.51. The average Bonchev–Trinajstić information content (AvgIpc) is 3.17. The van der Waals surface area contributed by atoms with Crippen LogP contribution in [0, 0.1) is 5.92 Å². The van der Waals surface area contributed by atoms with Gasteiger partial charge in [0.2, 0.25) is 5.91 Å². The molecule has 0 spiro atoms. The quantitative estimate of drug-likeness (QED) is 0.801. The lowest BCUT2D eigenvalue weighted by molar-refractivity contribution is -0.138. The molecule has 0 radical (unpaired) electrons. The van der Waals surface area contributed by atoms with Crippen LogP contribution in [0.25, 0.3) is 0 Å². The predicted molar refractivity (Wildman–Crippen MR) is 82.0 cm³/mol. The largest absolute Gasteiger partial charge is 0.341 e. The molecule has 2 saturated heterocycles. The zero-order valence-corrected chi connectivity index (χ0v) is 13.2. The molecule has 3 aliphatic rings. The number of nitrogens with zero attached hydrogens (tertiary/aromatic N) is 2. The summed E-state index contributed by atoms with van der Waals surface area (Å²) in [5.74, 6) is 0.914. The van der Waals surface area contributed by atoms with Gasteiger partial charge in [-0.05, 0) is 52.0 Å². The molecule has 2 heterocycles. The third kappa shape index (κ3) is 3.01. The second-order valence-electron chi connectivity index (χ2n) is 6.97. The van der Waals surface area contributed by atoms with Crippen molar-refractivity contribution in [1.29, 1.82) is 0 Å². The minimum atomic E-state index is -0.0506. The molecule has 4 heteroatoms. The fourth-order valence-electron chi connectivity index (χ4n) is 4.49. The van der Waals surface area contributed by atoms with E-state index in [0.29, 0.717) is 11.8 Å². The van der Waals surface area contributed by atoms with Gasteiger partial charge in [0, 0.05) is 31.5 Å². The highest BCUT2D eigenvalue weighted by atomic mass is 16.2. The van der Waals surface area contributed by atoms with Crippen LogP contribution in [0.4, 0.5) is 0 Å². The van der Waals surface area contributed by atoms with E-state index in [1.54, 1.807) is 0 Å². The van der Waals surface area contributed by atoms with E-state index in [2.05, 4.69) is 4.90 Å². The van der Waals surface area contributed by atoms with E-state index in [9.17, 15) is 9.59 Å². The Balaban J connectivity index is 1.67. The zero-order valence-electron chi connectivity index (χ0n) is 13.2. The van der Waals surface area contributed by atoms with Gasteiger partial charge < -0.3 is 4.90 Å². The summed E-state index contributed by atoms with van der Waals surface area (Å²) < 4.78 is 0. The number of amides is 1. The van der Waals surface area contributed by atoms with E-state index >= 15 is 0 Å². The summed E-state index contributed by atoms with van der Waals surface area (Å²) in [7, 11) is 0. The van der Waals surface area contributed by atoms with Crippen LogP contribution in [-0.4, -0.2) is 53.2 Å². The molecule has 1 saturated carbocycles. The highest BCUT2D eigenvalue weighted by Gasteiger charge is 2.41. The monoisotopic (exact) mass is 292 g/mol. The number of carbonyl (C=O) groups excluding carboxylic acids is 2. The SMILES string of the molecule is CC(C(=O)N1CCCC1)N1CCCC1C1CCCCC1=O. The number of likely N-dealkylation sites (tertiary alicyclic amines) is 2. The molecule has 0 aromatic rings. The van der Waals surface area contributed by atoms with Gasteiger partial charge in [0.05, 0.1) is 6.04 Å². The fraction of sp³-hybridized carbons (Fsp3) is 0.882. The average molecular weight is 292 g/mol. The molecular weight excluding hydrogens is 264 g/mol. The van der Waals surface area contributed by atoms with Crippen molar-refractivity contribution in [1.82, 2.24) is 9.80 Å². The smallest absolute Gasteiger partial charge is 0.239 e. The molecule has 4 nitrogen and oxygen atoms in total. The first-order valence-electron chi connectivity index (χ1n) is 8.76. The van der Waals surface area contributed by atoms with Crippen LogP contribution in [-0.2, 0) is 9.59 Å². The minimum Gasteiger partial charge on any atom is -0.341 e. The summed E-state index contributed by atoms with van der Waals surface area (Å²) in [6.07, 6.45) is 8.53. The van der Waals surface area contributed by atoms with E-state index in [1.165, 1.54) is 6.42 Å². The van der Waals surface area contributed by atoms with E-state index in [0.717, 1.165) is 64.6 Å². The standard InChI is InChI=1S/C17H28N2O2/c1-13(17(21)18-10-4-5-11-18)19-12-6-8-15(19)14-7-2-3-9-16(14)20/h13-15H,2-12H2,1H3. The summed E-state index contributed by atoms with van der Waals surface area (Å²) in [5.41, 5.74) is 0. The summed E-state index contributed by atoms with van der Waals surface area (Å²) >= 11 is 0. The maximum Gasteiger partial charge on any atom is 0.239 e. The van der Waals surface area contributed by atoms with Crippen molar-refractivity contribution in [3.05, 3.63) is 0 Å². The van der Waals surface area contributed by atoms with E-state index < -0.39 is 0 Å². The summed E-state index contributed by atoms with van der Waals surface area (Å²) in [5, 5.41) is 0. The molecule has 118 valence electrons. The normalized spacial score (nSPS) is 32.6. The van der Waals surface area contributed by atoms with Crippen molar-refractivity contribution in [2.45, 2.75) is 70.4 Å². The number of carbonyl (C=O) groups is 2. The predicted octanol–water partition coefficient (Wildman–Crippen LogP) is 2.22. The lowest BCUT2D eigenvalue weighted by Gasteiger charge is -2.37. The van der Waals surface area contributed by atoms with Crippen molar-refractivity contribution in [2.24, 2.45) is 5.92 Å². The van der Waals surface area contributed by atoms with Crippen molar-refractivity contribution in [3.63, 3.8) is 0 Å². The van der Waals surface area contributed by atoms with Crippen LogP contribution in [0.3, 0.4) is 0 Å². The van der Waals surface area contributed by atoms with Crippen LogP contribution < -0.4 is 0 Å². The minimum absolute atomic E-state index is 0.0506. The summed E-state index contributed by atoms with van der Waals surface area (Å²) in [6, 6.07) is 0.268. The first-order chi connectivity index (χ1) is 10.2. The third-order valence-corrected chi connectivity index (χ3v) is 5.68. The molecule has 3 atom stereocenters. The second-order valence-corrected chi connectivity index (χ2v) is 6.97. The maximum absolute atomic E-state index is 12.6. The van der Waals surface area contributed by atoms with E-state index in [4.69, 9.17) is 0 Å². The number of ketones is 1. The van der Waals surface area contributed by atoms with Crippen LogP contribution >= 0.6 is 0 Å². The number of hydrogen-bond acceptors (Lipinski definition) is 3. The van der Waals surface area contributed by atoms with Crippen molar-refractivity contribution in [3.8, 4) is 0 Å². The second kappa shape index (κ2) is 6.47. The van der Waals surface area contributed by atoms with Gasteiger partial charge in [0.1, 0.15) is 5.78 Å². The van der Waals surface area contributed by atoms with Crippen molar-refractivity contribution >= 4 is 11.7 Å². The molecule has 3 fully saturated rings. The van der Waals surface area contributed by atoms with E-state index in [-0.39, 0.29) is 17.9 Å². The Morgan fingerprint density at radius 1 is 1.05 bits per heavy atom.